The molecule has 10 nitrogen and oxygen atoms in total. The van der Waals surface area contributed by atoms with Gasteiger partial charge in [-0.2, -0.15) is 0 Å². The van der Waals surface area contributed by atoms with Gasteiger partial charge in [-0.15, -0.1) is 11.3 Å². The lowest BCUT2D eigenvalue weighted by molar-refractivity contribution is -0.000511. The highest BCUT2D eigenvalue weighted by Gasteiger charge is 2.45. The normalized spacial score (nSPS) is 20.1. The predicted molar refractivity (Wildman–Crippen MR) is 201 cm³/mol. The molecule has 1 aliphatic carbocycles. The van der Waals surface area contributed by atoms with Crippen LogP contribution in [0.2, 0.25) is 0 Å². The number of anilines is 3. The third-order valence-corrected chi connectivity index (χ3v) is 12.0. The van der Waals surface area contributed by atoms with Crippen molar-refractivity contribution in [2.24, 2.45) is 10.4 Å². The largest absolute Gasteiger partial charge is 0.381 e. The molecule has 3 amide bonds. The number of benzene rings is 2. The van der Waals surface area contributed by atoms with Crippen LogP contribution in [0.3, 0.4) is 0 Å². The molecule has 0 unspecified atom stereocenters. The van der Waals surface area contributed by atoms with E-state index in [-0.39, 0.29) is 34.7 Å². The van der Waals surface area contributed by atoms with Gasteiger partial charge in [0.2, 0.25) is 0 Å². The molecule has 3 fully saturated rings. The molecule has 0 bridgehead atoms. The van der Waals surface area contributed by atoms with Crippen molar-refractivity contribution in [3.05, 3.63) is 99.4 Å². The SMILES string of the molecule is Cc1cnc(N2CC3(CCOCC3)C2)c(C(=O)Nc2ccc(C(=O)N3c4ccccc4N=C(c4ccc(C(=O)NC5(C)CCC5)s4)[C@H]3C)cc2)c1. The molecule has 0 radical (unpaired) electrons. The van der Waals surface area contributed by atoms with Gasteiger partial charge >= 0.3 is 0 Å². The van der Waals surface area contributed by atoms with E-state index < -0.39 is 0 Å². The maximum Gasteiger partial charge on any atom is 0.261 e. The molecule has 8 rings (SSSR count). The summed E-state index contributed by atoms with van der Waals surface area (Å²) in [5.41, 5.74) is 4.77. The Kier molecular flexibility index (Phi) is 8.50. The lowest BCUT2D eigenvalue weighted by Gasteiger charge is -2.53. The maximum absolute atomic E-state index is 14.2. The Balaban J connectivity index is 0.987. The molecule has 2 aromatic carbocycles. The average Bonchev–Trinajstić information content (AvgIpc) is 3.61. The number of hydrogen-bond acceptors (Lipinski definition) is 8. The molecular weight excluding hydrogens is 661 g/mol. The van der Waals surface area contributed by atoms with Crippen LogP contribution < -0.4 is 20.4 Å². The topological polar surface area (TPSA) is 116 Å². The third-order valence-electron chi connectivity index (χ3n) is 10.9. The lowest BCUT2D eigenvalue weighted by Crippen LogP contribution is -2.59. The zero-order valence-corrected chi connectivity index (χ0v) is 30.0. The van der Waals surface area contributed by atoms with Gasteiger partial charge in [-0.3, -0.25) is 19.3 Å². The Morgan fingerprint density at radius 3 is 2.41 bits per heavy atom. The van der Waals surface area contributed by atoms with Crippen LogP contribution in [0.15, 0.2) is 77.9 Å². The molecule has 262 valence electrons. The number of rotatable bonds is 7. The van der Waals surface area contributed by atoms with Gasteiger partial charge in [0.1, 0.15) is 5.82 Å². The van der Waals surface area contributed by atoms with Crippen molar-refractivity contribution in [3.63, 3.8) is 0 Å². The van der Waals surface area contributed by atoms with Crippen molar-refractivity contribution in [1.82, 2.24) is 10.3 Å². The number of nitrogens with one attached hydrogen (secondary N) is 2. The van der Waals surface area contributed by atoms with E-state index in [9.17, 15) is 14.4 Å². The zero-order chi connectivity index (χ0) is 35.3. The summed E-state index contributed by atoms with van der Waals surface area (Å²) in [4.78, 5) is 56.0. The van der Waals surface area contributed by atoms with E-state index in [1.165, 1.54) is 11.3 Å². The number of aromatic nitrogens is 1. The number of carbonyl (C=O) groups is 3. The summed E-state index contributed by atoms with van der Waals surface area (Å²) < 4.78 is 5.57. The van der Waals surface area contributed by atoms with Crippen LogP contribution in [-0.4, -0.2) is 66.3 Å². The van der Waals surface area contributed by atoms with Crippen LogP contribution in [0.1, 0.15) is 86.8 Å². The molecule has 2 N–H and O–H groups in total. The van der Waals surface area contributed by atoms with Gasteiger partial charge in [0, 0.05) is 54.7 Å². The number of carbonyl (C=O) groups excluding carboxylic acids is 3. The van der Waals surface area contributed by atoms with Gasteiger partial charge in [-0.05, 0) is 113 Å². The Bertz CT molecular complexity index is 2040. The van der Waals surface area contributed by atoms with Crippen molar-refractivity contribution >= 4 is 57.7 Å². The van der Waals surface area contributed by atoms with E-state index in [0.29, 0.717) is 33.2 Å². The molecule has 11 heteroatoms. The summed E-state index contributed by atoms with van der Waals surface area (Å²) in [6.07, 6.45) is 6.98. The van der Waals surface area contributed by atoms with Gasteiger partial charge in [-0.25, -0.2) is 9.98 Å². The van der Waals surface area contributed by atoms with Gasteiger partial charge in [0.25, 0.3) is 17.7 Å². The quantitative estimate of drug-likeness (QED) is 0.211. The number of amides is 3. The predicted octanol–water partition coefficient (Wildman–Crippen LogP) is 7.16. The first-order valence-electron chi connectivity index (χ1n) is 17.8. The lowest BCUT2D eigenvalue weighted by atomic mass is 9.73. The summed E-state index contributed by atoms with van der Waals surface area (Å²) in [5, 5.41) is 6.21. The fourth-order valence-corrected chi connectivity index (χ4v) is 8.65. The molecule has 51 heavy (non-hydrogen) atoms. The summed E-state index contributed by atoms with van der Waals surface area (Å²) >= 11 is 1.40. The van der Waals surface area contributed by atoms with Crippen LogP contribution in [0, 0.1) is 12.3 Å². The van der Waals surface area contributed by atoms with E-state index in [1.807, 2.05) is 62.5 Å². The number of para-hydroxylation sites is 2. The number of ether oxygens (including phenoxy) is 1. The Morgan fingerprint density at radius 2 is 1.69 bits per heavy atom. The molecular formula is C40H42N6O4S. The highest BCUT2D eigenvalue weighted by molar-refractivity contribution is 7.16. The van der Waals surface area contributed by atoms with E-state index in [4.69, 9.17) is 9.73 Å². The molecule has 3 aliphatic heterocycles. The maximum atomic E-state index is 14.2. The van der Waals surface area contributed by atoms with Gasteiger partial charge in [0.05, 0.1) is 38.4 Å². The van der Waals surface area contributed by atoms with Crippen molar-refractivity contribution in [2.75, 3.05) is 41.4 Å². The monoisotopic (exact) mass is 702 g/mol. The fraction of sp³-hybridized carbons (Fsp3) is 0.375. The minimum atomic E-state index is -0.389. The van der Waals surface area contributed by atoms with Crippen LogP contribution in [-0.2, 0) is 4.74 Å². The van der Waals surface area contributed by atoms with Gasteiger partial charge < -0.3 is 20.3 Å². The smallest absolute Gasteiger partial charge is 0.261 e. The van der Waals surface area contributed by atoms with E-state index >= 15 is 0 Å². The van der Waals surface area contributed by atoms with Crippen LogP contribution in [0.25, 0.3) is 0 Å². The first-order chi connectivity index (χ1) is 24.6. The summed E-state index contributed by atoms with van der Waals surface area (Å²) in [6, 6.07) is 19.9. The number of nitrogens with zero attached hydrogens (tertiary/aromatic N) is 4. The van der Waals surface area contributed by atoms with Gasteiger partial charge in [0.15, 0.2) is 0 Å². The number of hydrogen-bond donors (Lipinski definition) is 2. The first kappa shape index (κ1) is 33.3. The first-order valence-corrected chi connectivity index (χ1v) is 18.6. The highest BCUT2D eigenvalue weighted by atomic mass is 32.1. The van der Waals surface area contributed by atoms with Crippen LogP contribution in [0.4, 0.5) is 22.9 Å². The highest BCUT2D eigenvalue weighted by Crippen LogP contribution is 2.43. The molecule has 2 saturated heterocycles. The fourth-order valence-electron chi connectivity index (χ4n) is 7.68. The minimum Gasteiger partial charge on any atom is -0.381 e. The Hall–Kier alpha value is -4.87. The minimum absolute atomic E-state index is 0.0724. The van der Waals surface area contributed by atoms with E-state index in [0.717, 1.165) is 80.2 Å². The van der Waals surface area contributed by atoms with Crippen molar-refractivity contribution in [3.8, 4) is 0 Å². The van der Waals surface area contributed by atoms with Crippen LogP contribution in [0.5, 0.6) is 0 Å². The molecule has 1 saturated carbocycles. The second kappa shape index (κ2) is 13.0. The van der Waals surface area contributed by atoms with Crippen molar-refractivity contribution in [1.29, 1.82) is 0 Å². The molecule has 5 heterocycles. The number of aryl methyl sites for hydroxylation is 1. The molecule has 1 spiro atoms. The molecule has 4 aliphatic rings. The second-order valence-corrected chi connectivity index (χ2v) is 15.8. The number of thiophene rings is 1. The molecule has 1 atom stereocenters. The zero-order valence-electron chi connectivity index (χ0n) is 29.2. The number of aliphatic imine (C=N–C) groups is 1. The third kappa shape index (κ3) is 6.33. The number of pyridine rings is 1. The van der Waals surface area contributed by atoms with E-state index in [1.54, 1.807) is 29.2 Å². The molecule has 2 aromatic heterocycles. The average molecular weight is 703 g/mol. The summed E-state index contributed by atoms with van der Waals surface area (Å²) in [5.74, 6) is 0.205. The van der Waals surface area contributed by atoms with Gasteiger partial charge in [-0.1, -0.05) is 12.1 Å². The molecule has 4 aromatic rings. The van der Waals surface area contributed by atoms with Crippen LogP contribution >= 0.6 is 11.3 Å². The Morgan fingerprint density at radius 1 is 0.941 bits per heavy atom. The van der Waals surface area contributed by atoms with Crippen molar-refractivity contribution < 1.29 is 19.1 Å². The standard InChI is InChI=1S/C40H42N6O4S/c1-25-21-29(35(41-22-25)45-23-40(24-45)17-19-50-20-18-40)36(47)42-28-11-9-27(10-12-28)38(49)46-26(2)34(43-30-7-4-5-8-31(30)46)32-13-14-33(51-32)37(48)44-39(3)15-6-16-39/h4-5,7-14,21-22,26H,6,15-20,23-24H2,1-3H3,(H,42,47)(H,44,48)/t26-/m1/s1. The Labute approximate surface area is 301 Å². The summed E-state index contributed by atoms with van der Waals surface area (Å²) in [7, 11) is 0. The van der Waals surface area contributed by atoms with Crippen molar-refractivity contribution in [2.45, 2.75) is 64.5 Å². The van der Waals surface area contributed by atoms with E-state index in [2.05, 4.69) is 27.4 Å². The number of fused-ring (bicyclic) bond motifs is 1. The second-order valence-electron chi connectivity index (χ2n) is 14.8. The summed E-state index contributed by atoms with van der Waals surface area (Å²) in [6.45, 7) is 9.30.